The molecular formula is C20H18O4. The maximum absolute atomic E-state index is 12.3. The fraction of sp³-hybridized carbons (Fsp3) is 0.200. The largest absolute Gasteiger partial charge is 0.426 e. The molecule has 0 radical (unpaired) electrons. The van der Waals surface area contributed by atoms with Gasteiger partial charge in [-0.2, -0.15) is 0 Å². The normalized spacial score (nSPS) is 16.8. The van der Waals surface area contributed by atoms with E-state index < -0.39 is 11.9 Å². The Morgan fingerprint density at radius 1 is 0.833 bits per heavy atom. The topological polar surface area (TPSA) is 52.6 Å². The van der Waals surface area contributed by atoms with Crippen LogP contribution in [0, 0.1) is 5.92 Å². The first-order valence-corrected chi connectivity index (χ1v) is 7.97. The lowest BCUT2D eigenvalue weighted by Crippen LogP contribution is -2.24. The van der Waals surface area contributed by atoms with Crippen LogP contribution in [0.4, 0.5) is 0 Å². The maximum atomic E-state index is 12.3. The molecule has 122 valence electrons. The number of carbonyl (C=O) groups excluding carboxylic acids is 2. The highest BCUT2D eigenvalue weighted by Crippen LogP contribution is 2.26. The molecule has 3 rings (SSSR count). The van der Waals surface area contributed by atoms with E-state index in [9.17, 15) is 9.59 Å². The van der Waals surface area contributed by atoms with Crippen LogP contribution in [0.3, 0.4) is 0 Å². The molecule has 2 aromatic rings. The van der Waals surface area contributed by atoms with Crippen molar-refractivity contribution in [3.05, 3.63) is 72.3 Å². The first-order chi connectivity index (χ1) is 11.7. The zero-order valence-corrected chi connectivity index (χ0v) is 13.2. The minimum Gasteiger partial charge on any atom is -0.426 e. The third-order valence-electron chi connectivity index (χ3n) is 3.84. The third-order valence-corrected chi connectivity index (χ3v) is 3.84. The molecule has 0 saturated carbocycles. The van der Waals surface area contributed by atoms with Crippen LogP contribution in [0.25, 0.3) is 0 Å². The van der Waals surface area contributed by atoms with Crippen molar-refractivity contribution in [1.29, 1.82) is 0 Å². The van der Waals surface area contributed by atoms with E-state index in [4.69, 9.17) is 9.47 Å². The average molecular weight is 322 g/mol. The molecule has 24 heavy (non-hydrogen) atoms. The molecule has 4 nitrogen and oxygen atoms in total. The number of rotatable bonds is 4. The molecular weight excluding hydrogens is 304 g/mol. The van der Waals surface area contributed by atoms with Crippen molar-refractivity contribution in [3.63, 3.8) is 0 Å². The Bertz CT molecular complexity index is 735. The summed E-state index contributed by atoms with van der Waals surface area (Å²) in [4.78, 5) is 24.5. The summed E-state index contributed by atoms with van der Waals surface area (Å²) in [6.07, 6.45) is 3.72. The van der Waals surface area contributed by atoms with Gasteiger partial charge in [0.25, 0.3) is 0 Å². The highest BCUT2D eigenvalue weighted by Gasteiger charge is 2.26. The van der Waals surface area contributed by atoms with E-state index in [1.54, 1.807) is 42.5 Å². The standard InChI is InChI=1S/C20H18O4/c21-19(23-17-10-3-1-4-11-17)15-8-7-9-16(14-15)20(22)24-18-12-5-2-6-13-18/h1-6,10-15H,7-9H2. The van der Waals surface area contributed by atoms with Gasteiger partial charge >= 0.3 is 11.9 Å². The van der Waals surface area contributed by atoms with Crippen molar-refractivity contribution in [3.8, 4) is 11.5 Å². The van der Waals surface area contributed by atoms with Gasteiger partial charge in [0, 0.05) is 5.57 Å². The van der Waals surface area contributed by atoms with E-state index in [-0.39, 0.29) is 5.97 Å². The van der Waals surface area contributed by atoms with Crippen LogP contribution in [0.15, 0.2) is 72.3 Å². The van der Waals surface area contributed by atoms with Gasteiger partial charge in [0.15, 0.2) is 0 Å². The van der Waals surface area contributed by atoms with E-state index in [1.165, 1.54) is 0 Å². The summed E-state index contributed by atoms with van der Waals surface area (Å²) in [5.74, 6) is -0.158. The van der Waals surface area contributed by atoms with Gasteiger partial charge in [0.1, 0.15) is 11.5 Å². The SMILES string of the molecule is O=C(Oc1ccccc1)C1=CC(C(=O)Oc2ccccc2)CCC1. The summed E-state index contributed by atoms with van der Waals surface area (Å²) in [5, 5.41) is 0. The first-order valence-electron chi connectivity index (χ1n) is 7.97. The predicted octanol–water partition coefficient (Wildman–Crippen LogP) is 3.92. The van der Waals surface area contributed by atoms with E-state index in [1.807, 2.05) is 24.3 Å². The van der Waals surface area contributed by atoms with Crippen LogP contribution in [0.1, 0.15) is 19.3 Å². The van der Waals surface area contributed by atoms with Crippen molar-refractivity contribution in [2.45, 2.75) is 19.3 Å². The second-order valence-corrected chi connectivity index (χ2v) is 5.63. The lowest BCUT2D eigenvalue weighted by atomic mass is 9.90. The van der Waals surface area contributed by atoms with Crippen LogP contribution in [-0.4, -0.2) is 11.9 Å². The molecule has 0 aliphatic heterocycles. The average Bonchev–Trinajstić information content (AvgIpc) is 2.63. The second-order valence-electron chi connectivity index (χ2n) is 5.63. The van der Waals surface area contributed by atoms with Gasteiger partial charge in [-0.25, -0.2) is 4.79 Å². The number of esters is 2. The summed E-state index contributed by atoms with van der Waals surface area (Å²) < 4.78 is 10.7. The van der Waals surface area contributed by atoms with Gasteiger partial charge < -0.3 is 9.47 Å². The zero-order chi connectivity index (χ0) is 16.8. The van der Waals surface area contributed by atoms with E-state index >= 15 is 0 Å². The maximum Gasteiger partial charge on any atom is 0.339 e. The van der Waals surface area contributed by atoms with Crippen LogP contribution >= 0.6 is 0 Å². The molecule has 0 heterocycles. The Labute approximate surface area is 140 Å². The Morgan fingerprint density at radius 2 is 1.42 bits per heavy atom. The number of ether oxygens (including phenoxy) is 2. The lowest BCUT2D eigenvalue weighted by molar-refractivity contribution is -0.137. The van der Waals surface area contributed by atoms with Gasteiger partial charge in [-0.3, -0.25) is 4.79 Å². The van der Waals surface area contributed by atoms with Crippen molar-refractivity contribution in [2.24, 2.45) is 5.92 Å². The fourth-order valence-corrected chi connectivity index (χ4v) is 2.62. The summed E-state index contributed by atoms with van der Waals surface area (Å²) >= 11 is 0. The Morgan fingerprint density at radius 3 is 2.04 bits per heavy atom. The monoisotopic (exact) mass is 322 g/mol. The smallest absolute Gasteiger partial charge is 0.339 e. The van der Waals surface area contributed by atoms with Crippen LogP contribution < -0.4 is 9.47 Å². The van der Waals surface area contributed by atoms with Crippen molar-refractivity contribution < 1.29 is 19.1 Å². The minimum atomic E-state index is -0.419. The summed E-state index contributed by atoms with van der Waals surface area (Å²) in [7, 11) is 0. The van der Waals surface area contributed by atoms with Crippen LogP contribution in [0.2, 0.25) is 0 Å². The fourth-order valence-electron chi connectivity index (χ4n) is 2.62. The molecule has 0 spiro atoms. The molecule has 1 aliphatic rings. The Kier molecular flexibility index (Phi) is 5.06. The molecule has 2 aromatic carbocycles. The van der Waals surface area contributed by atoms with Gasteiger partial charge in [0.2, 0.25) is 0 Å². The molecule has 4 heteroatoms. The lowest BCUT2D eigenvalue weighted by Gasteiger charge is -2.19. The molecule has 0 bridgehead atoms. The van der Waals surface area contributed by atoms with Gasteiger partial charge in [-0.1, -0.05) is 42.5 Å². The van der Waals surface area contributed by atoms with Crippen LogP contribution in [0.5, 0.6) is 11.5 Å². The molecule has 0 N–H and O–H groups in total. The number of hydrogen-bond donors (Lipinski definition) is 0. The highest BCUT2D eigenvalue weighted by atomic mass is 16.5. The molecule has 0 amide bonds. The predicted molar refractivity (Wildman–Crippen MR) is 89.6 cm³/mol. The Balaban J connectivity index is 1.66. The van der Waals surface area contributed by atoms with Gasteiger partial charge in [0.05, 0.1) is 5.92 Å². The summed E-state index contributed by atoms with van der Waals surface area (Å²) in [6.45, 7) is 0. The number of para-hydroxylation sites is 2. The number of carbonyl (C=O) groups is 2. The third kappa shape index (κ3) is 4.10. The van der Waals surface area contributed by atoms with E-state index in [0.717, 1.165) is 6.42 Å². The van der Waals surface area contributed by atoms with Gasteiger partial charge in [-0.05, 0) is 43.5 Å². The molecule has 1 aliphatic carbocycles. The molecule has 1 unspecified atom stereocenters. The molecule has 0 aromatic heterocycles. The zero-order valence-electron chi connectivity index (χ0n) is 13.2. The molecule has 0 saturated heterocycles. The minimum absolute atomic E-state index is 0.342. The second kappa shape index (κ2) is 7.59. The quantitative estimate of drug-likeness (QED) is 0.632. The van der Waals surface area contributed by atoms with Crippen molar-refractivity contribution >= 4 is 11.9 Å². The van der Waals surface area contributed by atoms with Crippen LogP contribution in [-0.2, 0) is 9.59 Å². The van der Waals surface area contributed by atoms with E-state index in [2.05, 4.69) is 0 Å². The first kappa shape index (κ1) is 16.0. The van der Waals surface area contributed by atoms with Crippen molar-refractivity contribution in [2.75, 3.05) is 0 Å². The molecule has 1 atom stereocenters. The summed E-state index contributed by atoms with van der Waals surface area (Å²) in [5.41, 5.74) is 0.528. The van der Waals surface area contributed by atoms with Crippen molar-refractivity contribution in [1.82, 2.24) is 0 Å². The number of benzene rings is 2. The van der Waals surface area contributed by atoms with E-state index in [0.29, 0.717) is 29.9 Å². The molecule has 0 fully saturated rings. The van der Waals surface area contributed by atoms with Gasteiger partial charge in [-0.15, -0.1) is 0 Å². The summed E-state index contributed by atoms with van der Waals surface area (Å²) in [6, 6.07) is 17.8. The number of hydrogen-bond acceptors (Lipinski definition) is 4. The highest BCUT2D eigenvalue weighted by molar-refractivity contribution is 5.91. The Hall–Kier alpha value is -2.88.